The van der Waals surface area contributed by atoms with E-state index in [0.717, 1.165) is 28.6 Å². The molecule has 2 aromatic heterocycles. The topological polar surface area (TPSA) is 38.1 Å². The highest BCUT2D eigenvalue weighted by Gasteiger charge is 2.20. The zero-order chi connectivity index (χ0) is 13.9. The lowest BCUT2D eigenvalue weighted by Crippen LogP contribution is -2.22. The first-order valence-corrected chi connectivity index (χ1v) is 6.99. The molecule has 0 radical (unpaired) electrons. The Hall–Kier alpha value is -1.84. The van der Waals surface area contributed by atoms with Gasteiger partial charge in [-0.25, -0.2) is 0 Å². The van der Waals surface area contributed by atoms with Crippen molar-refractivity contribution in [2.24, 2.45) is 0 Å². The van der Waals surface area contributed by atoms with Crippen molar-refractivity contribution in [3.05, 3.63) is 65.2 Å². The first kappa shape index (κ1) is 13.2. The van der Waals surface area contributed by atoms with Crippen molar-refractivity contribution in [3.8, 4) is 0 Å². The van der Waals surface area contributed by atoms with E-state index in [2.05, 4.69) is 29.4 Å². The minimum atomic E-state index is -0.000787. The molecule has 0 spiro atoms. The third-order valence-electron chi connectivity index (χ3n) is 3.36. The maximum Gasteiger partial charge on any atom is 0.198 e. The molecular formula is C16H15ClN2O. The summed E-state index contributed by atoms with van der Waals surface area (Å²) in [7, 11) is 0. The first-order valence-electron chi connectivity index (χ1n) is 6.61. The summed E-state index contributed by atoms with van der Waals surface area (Å²) < 4.78 is 5.24. The van der Waals surface area contributed by atoms with Crippen LogP contribution >= 0.6 is 11.6 Å². The van der Waals surface area contributed by atoms with Crippen molar-refractivity contribution in [1.29, 1.82) is 0 Å². The average molecular weight is 287 g/mol. The molecule has 1 unspecified atom stereocenters. The molecule has 0 aliphatic rings. The number of furan rings is 1. The Kier molecular flexibility index (Phi) is 3.72. The van der Waals surface area contributed by atoms with Gasteiger partial charge in [0.05, 0.1) is 17.8 Å². The van der Waals surface area contributed by atoms with Crippen molar-refractivity contribution in [2.45, 2.75) is 13.0 Å². The van der Waals surface area contributed by atoms with Gasteiger partial charge in [0.2, 0.25) is 0 Å². The molecule has 20 heavy (non-hydrogen) atoms. The molecule has 1 atom stereocenters. The number of rotatable bonds is 4. The minimum Gasteiger partial charge on any atom is -0.453 e. The molecule has 1 aromatic carbocycles. The van der Waals surface area contributed by atoms with Gasteiger partial charge in [0.1, 0.15) is 0 Å². The van der Waals surface area contributed by atoms with Crippen LogP contribution in [-0.4, -0.2) is 11.5 Å². The number of halogens is 1. The molecule has 1 N–H and O–H groups in total. The Labute approximate surface area is 122 Å². The van der Waals surface area contributed by atoms with Crippen molar-refractivity contribution in [1.82, 2.24) is 10.3 Å². The van der Waals surface area contributed by atoms with Crippen LogP contribution in [0.15, 0.2) is 53.3 Å². The van der Waals surface area contributed by atoms with E-state index in [1.54, 1.807) is 12.5 Å². The van der Waals surface area contributed by atoms with Gasteiger partial charge < -0.3 is 9.73 Å². The van der Waals surface area contributed by atoms with Crippen LogP contribution in [0.5, 0.6) is 0 Å². The Balaban J connectivity index is 2.17. The summed E-state index contributed by atoms with van der Waals surface area (Å²) in [5.41, 5.74) is 3.08. The van der Waals surface area contributed by atoms with E-state index in [1.165, 1.54) is 0 Å². The van der Waals surface area contributed by atoms with Crippen LogP contribution in [0.3, 0.4) is 0 Å². The molecule has 0 fully saturated rings. The van der Waals surface area contributed by atoms with E-state index in [4.69, 9.17) is 16.0 Å². The molecule has 2 heterocycles. The second kappa shape index (κ2) is 5.65. The van der Waals surface area contributed by atoms with Gasteiger partial charge in [-0.15, -0.1) is 0 Å². The van der Waals surface area contributed by atoms with Crippen molar-refractivity contribution in [3.63, 3.8) is 0 Å². The van der Waals surface area contributed by atoms with Gasteiger partial charge in [-0.3, -0.25) is 4.98 Å². The molecule has 0 bridgehead atoms. The number of pyridine rings is 1. The van der Waals surface area contributed by atoms with E-state index in [-0.39, 0.29) is 6.04 Å². The molecule has 0 amide bonds. The molecule has 3 nitrogen and oxygen atoms in total. The lowest BCUT2D eigenvalue weighted by molar-refractivity contribution is 0.555. The van der Waals surface area contributed by atoms with E-state index in [9.17, 15) is 0 Å². The van der Waals surface area contributed by atoms with Gasteiger partial charge in [-0.05, 0) is 41.9 Å². The summed E-state index contributed by atoms with van der Waals surface area (Å²) in [5, 5.41) is 5.01. The van der Waals surface area contributed by atoms with Crippen molar-refractivity contribution < 1.29 is 4.42 Å². The number of nitrogens with one attached hydrogen (secondary N) is 1. The molecule has 102 valence electrons. The van der Waals surface area contributed by atoms with Gasteiger partial charge in [0, 0.05) is 17.1 Å². The zero-order valence-corrected chi connectivity index (χ0v) is 11.9. The summed E-state index contributed by atoms with van der Waals surface area (Å²) in [4.78, 5) is 4.40. The maximum absolute atomic E-state index is 6.15. The van der Waals surface area contributed by atoms with Crippen LogP contribution in [0, 0.1) is 0 Å². The lowest BCUT2D eigenvalue weighted by Gasteiger charge is -2.19. The predicted molar refractivity (Wildman–Crippen MR) is 81.0 cm³/mol. The standard InChI is InChI=1S/C16H15ClN2O/c1-2-18-15(13-8-10-20-16(13)17)12-5-3-7-14-11(12)6-4-9-19-14/h3-10,15,18H,2H2,1H3. The fourth-order valence-corrected chi connectivity index (χ4v) is 2.70. The number of benzene rings is 1. The number of fused-ring (bicyclic) bond motifs is 1. The predicted octanol–water partition coefficient (Wildman–Crippen LogP) is 4.18. The van der Waals surface area contributed by atoms with Gasteiger partial charge in [0.15, 0.2) is 5.22 Å². The highest BCUT2D eigenvalue weighted by molar-refractivity contribution is 6.29. The SMILES string of the molecule is CCNC(c1ccoc1Cl)c1cccc2ncccc12. The quantitative estimate of drug-likeness (QED) is 0.782. The average Bonchev–Trinajstić information content (AvgIpc) is 2.90. The van der Waals surface area contributed by atoms with Crippen molar-refractivity contribution in [2.75, 3.05) is 6.54 Å². The molecule has 0 saturated carbocycles. The van der Waals surface area contributed by atoms with Gasteiger partial charge in [-0.2, -0.15) is 0 Å². The van der Waals surface area contributed by atoms with Crippen LogP contribution in [-0.2, 0) is 0 Å². The Morgan fingerprint density at radius 2 is 2.10 bits per heavy atom. The third kappa shape index (κ3) is 2.30. The molecule has 3 rings (SSSR count). The highest BCUT2D eigenvalue weighted by Crippen LogP contribution is 2.32. The van der Waals surface area contributed by atoms with E-state index < -0.39 is 0 Å². The molecule has 0 aliphatic carbocycles. The molecule has 0 aliphatic heterocycles. The molecule has 0 saturated heterocycles. The van der Waals surface area contributed by atoms with Crippen LogP contribution in [0.4, 0.5) is 0 Å². The fourth-order valence-electron chi connectivity index (χ4n) is 2.48. The van der Waals surface area contributed by atoms with Crippen molar-refractivity contribution >= 4 is 22.5 Å². The second-order valence-electron chi connectivity index (χ2n) is 4.56. The Morgan fingerprint density at radius 3 is 2.85 bits per heavy atom. The number of hydrogen-bond donors (Lipinski definition) is 1. The third-order valence-corrected chi connectivity index (χ3v) is 3.66. The minimum absolute atomic E-state index is 0.000787. The van der Waals surface area contributed by atoms with Crippen LogP contribution in [0.1, 0.15) is 24.1 Å². The first-order chi connectivity index (χ1) is 9.81. The number of nitrogens with zero attached hydrogens (tertiary/aromatic N) is 1. The number of hydrogen-bond acceptors (Lipinski definition) is 3. The van der Waals surface area contributed by atoms with E-state index in [0.29, 0.717) is 5.22 Å². The van der Waals surface area contributed by atoms with Crippen LogP contribution in [0.2, 0.25) is 5.22 Å². The van der Waals surface area contributed by atoms with Crippen LogP contribution in [0.25, 0.3) is 10.9 Å². The normalized spacial score (nSPS) is 12.7. The molecule has 3 aromatic rings. The van der Waals surface area contributed by atoms with Crippen LogP contribution < -0.4 is 5.32 Å². The second-order valence-corrected chi connectivity index (χ2v) is 4.90. The summed E-state index contributed by atoms with van der Waals surface area (Å²) >= 11 is 6.15. The monoisotopic (exact) mass is 286 g/mol. The van der Waals surface area contributed by atoms with E-state index >= 15 is 0 Å². The summed E-state index contributed by atoms with van der Waals surface area (Å²) in [6.07, 6.45) is 3.42. The van der Waals surface area contributed by atoms with Gasteiger partial charge >= 0.3 is 0 Å². The smallest absolute Gasteiger partial charge is 0.198 e. The zero-order valence-electron chi connectivity index (χ0n) is 11.1. The van der Waals surface area contributed by atoms with Gasteiger partial charge in [-0.1, -0.05) is 25.1 Å². The molecule has 4 heteroatoms. The summed E-state index contributed by atoms with van der Waals surface area (Å²) in [5.74, 6) is 0. The number of aromatic nitrogens is 1. The lowest BCUT2D eigenvalue weighted by atomic mass is 9.97. The fraction of sp³-hybridized carbons (Fsp3) is 0.188. The van der Waals surface area contributed by atoms with E-state index in [1.807, 2.05) is 24.3 Å². The largest absolute Gasteiger partial charge is 0.453 e. The Morgan fingerprint density at radius 1 is 1.20 bits per heavy atom. The molecular weight excluding hydrogens is 272 g/mol. The maximum atomic E-state index is 6.15. The Bertz CT molecular complexity index is 718. The highest BCUT2D eigenvalue weighted by atomic mass is 35.5. The summed E-state index contributed by atoms with van der Waals surface area (Å²) in [6, 6.07) is 12.1. The van der Waals surface area contributed by atoms with Gasteiger partial charge in [0.25, 0.3) is 0 Å². The summed E-state index contributed by atoms with van der Waals surface area (Å²) in [6.45, 7) is 2.91.